The lowest BCUT2D eigenvalue weighted by atomic mass is 10.2. The van der Waals surface area contributed by atoms with Gasteiger partial charge in [-0.1, -0.05) is 20.3 Å². The van der Waals surface area contributed by atoms with Crippen LogP contribution in [0.15, 0.2) is 0 Å². The fourth-order valence-electron chi connectivity index (χ4n) is 1.76. The second-order valence-corrected chi connectivity index (χ2v) is 3.94. The maximum absolute atomic E-state index is 5.69. The molecule has 1 atom stereocenters. The first-order chi connectivity index (χ1) is 6.86. The Morgan fingerprint density at radius 2 is 2.29 bits per heavy atom. The lowest BCUT2D eigenvalue weighted by Gasteiger charge is -2.32. The predicted octanol–water partition coefficient (Wildman–Crippen LogP) is 1.10. The summed E-state index contributed by atoms with van der Waals surface area (Å²) in [5.74, 6) is 0. The van der Waals surface area contributed by atoms with Gasteiger partial charge in [-0.05, 0) is 19.5 Å². The van der Waals surface area contributed by atoms with Gasteiger partial charge in [-0.25, -0.2) is 0 Å². The van der Waals surface area contributed by atoms with E-state index < -0.39 is 0 Å². The minimum Gasteiger partial charge on any atom is -0.374 e. The number of nitrogens with one attached hydrogen (secondary N) is 1. The Bertz CT molecular complexity index is 141. The Morgan fingerprint density at radius 1 is 1.43 bits per heavy atom. The summed E-state index contributed by atoms with van der Waals surface area (Å²) >= 11 is 0. The Balaban J connectivity index is 2.05. The Labute approximate surface area is 87.8 Å². The molecule has 1 aliphatic rings. The van der Waals surface area contributed by atoms with Crippen LogP contribution in [0.4, 0.5) is 0 Å². The Kier molecular flexibility index (Phi) is 6.15. The van der Waals surface area contributed by atoms with Gasteiger partial charge in [0, 0.05) is 19.6 Å². The average Bonchev–Trinajstić information content (AvgIpc) is 2.25. The van der Waals surface area contributed by atoms with Gasteiger partial charge < -0.3 is 10.1 Å². The van der Waals surface area contributed by atoms with Crippen molar-refractivity contribution in [1.82, 2.24) is 10.2 Å². The molecule has 0 saturated carbocycles. The van der Waals surface area contributed by atoms with Crippen LogP contribution in [0.25, 0.3) is 0 Å². The minimum absolute atomic E-state index is 0.403. The first-order valence-electron chi connectivity index (χ1n) is 5.91. The van der Waals surface area contributed by atoms with Gasteiger partial charge >= 0.3 is 0 Å². The third-order valence-electron chi connectivity index (χ3n) is 2.75. The van der Waals surface area contributed by atoms with Gasteiger partial charge in [0.1, 0.15) is 0 Å². The van der Waals surface area contributed by atoms with Crippen molar-refractivity contribution >= 4 is 0 Å². The molecular formula is C11H24N2O. The number of morpholine rings is 1. The largest absolute Gasteiger partial charge is 0.374 e. The summed E-state index contributed by atoms with van der Waals surface area (Å²) in [6, 6.07) is 0. The third-order valence-corrected chi connectivity index (χ3v) is 2.75. The van der Waals surface area contributed by atoms with Crippen LogP contribution in [-0.4, -0.2) is 50.3 Å². The van der Waals surface area contributed by atoms with Crippen LogP contribution < -0.4 is 5.32 Å². The predicted molar refractivity (Wildman–Crippen MR) is 59.6 cm³/mol. The molecule has 3 nitrogen and oxygen atoms in total. The number of likely N-dealkylation sites (N-methyl/N-ethyl adjacent to an activating group) is 1. The van der Waals surface area contributed by atoms with Crippen LogP contribution in [0.5, 0.6) is 0 Å². The average molecular weight is 200 g/mol. The molecule has 0 aromatic carbocycles. The molecular weight excluding hydrogens is 176 g/mol. The molecule has 0 spiro atoms. The second-order valence-electron chi connectivity index (χ2n) is 3.94. The van der Waals surface area contributed by atoms with Crippen LogP contribution >= 0.6 is 0 Å². The van der Waals surface area contributed by atoms with Crippen molar-refractivity contribution in [2.24, 2.45) is 0 Å². The van der Waals surface area contributed by atoms with E-state index in [1.165, 1.54) is 12.8 Å². The number of ether oxygens (including phenoxy) is 1. The zero-order chi connectivity index (χ0) is 10.2. The molecule has 1 aliphatic heterocycles. The molecule has 84 valence electrons. The van der Waals surface area contributed by atoms with Gasteiger partial charge in [-0.3, -0.25) is 4.90 Å². The number of unbranched alkanes of at least 4 members (excludes halogenated alkanes) is 1. The van der Waals surface area contributed by atoms with E-state index in [0.29, 0.717) is 6.10 Å². The standard InChI is InChI=1S/C11H24N2O/c1-3-5-6-12-9-11-10-13(4-2)7-8-14-11/h11-12H,3-10H2,1-2H3. The molecule has 0 radical (unpaired) electrons. The van der Waals surface area contributed by atoms with Crippen molar-refractivity contribution in [1.29, 1.82) is 0 Å². The van der Waals surface area contributed by atoms with E-state index in [1.54, 1.807) is 0 Å². The van der Waals surface area contributed by atoms with Crippen molar-refractivity contribution in [2.75, 3.05) is 39.3 Å². The molecule has 1 fully saturated rings. The third kappa shape index (κ3) is 4.40. The summed E-state index contributed by atoms with van der Waals surface area (Å²) in [5.41, 5.74) is 0. The number of hydrogen-bond donors (Lipinski definition) is 1. The summed E-state index contributed by atoms with van der Waals surface area (Å²) in [6.07, 6.45) is 2.93. The zero-order valence-electron chi connectivity index (χ0n) is 9.59. The van der Waals surface area contributed by atoms with Gasteiger partial charge in [0.05, 0.1) is 12.7 Å². The zero-order valence-corrected chi connectivity index (χ0v) is 9.59. The van der Waals surface area contributed by atoms with Gasteiger partial charge in [0.15, 0.2) is 0 Å². The van der Waals surface area contributed by atoms with Crippen molar-refractivity contribution in [2.45, 2.75) is 32.8 Å². The highest BCUT2D eigenvalue weighted by molar-refractivity contribution is 4.72. The smallest absolute Gasteiger partial charge is 0.0826 e. The van der Waals surface area contributed by atoms with Crippen LogP contribution in [0.2, 0.25) is 0 Å². The number of nitrogens with zero attached hydrogens (tertiary/aromatic N) is 1. The highest BCUT2D eigenvalue weighted by atomic mass is 16.5. The van der Waals surface area contributed by atoms with Crippen molar-refractivity contribution in [3.05, 3.63) is 0 Å². The van der Waals surface area contributed by atoms with Crippen molar-refractivity contribution in [3.8, 4) is 0 Å². The molecule has 1 rings (SSSR count). The number of hydrogen-bond acceptors (Lipinski definition) is 3. The van der Waals surface area contributed by atoms with E-state index in [0.717, 1.165) is 39.3 Å². The van der Waals surface area contributed by atoms with Gasteiger partial charge in [0.2, 0.25) is 0 Å². The van der Waals surface area contributed by atoms with Gasteiger partial charge in [0.25, 0.3) is 0 Å². The first kappa shape index (κ1) is 12.0. The molecule has 0 amide bonds. The second kappa shape index (κ2) is 7.21. The lowest BCUT2D eigenvalue weighted by Crippen LogP contribution is -2.46. The van der Waals surface area contributed by atoms with Crippen LogP contribution in [0, 0.1) is 0 Å². The van der Waals surface area contributed by atoms with Crippen LogP contribution in [0.1, 0.15) is 26.7 Å². The van der Waals surface area contributed by atoms with Crippen molar-refractivity contribution < 1.29 is 4.74 Å². The Morgan fingerprint density at radius 3 is 3.00 bits per heavy atom. The minimum atomic E-state index is 0.403. The molecule has 3 heteroatoms. The van der Waals surface area contributed by atoms with Crippen molar-refractivity contribution in [3.63, 3.8) is 0 Å². The summed E-state index contributed by atoms with van der Waals surface area (Å²) in [6.45, 7) is 10.8. The molecule has 0 aliphatic carbocycles. The normalized spacial score (nSPS) is 24.0. The van der Waals surface area contributed by atoms with E-state index >= 15 is 0 Å². The molecule has 1 N–H and O–H groups in total. The van der Waals surface area contributed by atoms with E-state index in [-0.39, 0.29) is 0 Å². The fourth-order valence-corrected chi connectivity index (χ4v) is 1.76. The topological polar surface area (TPSA) is 24.5 Å². The molecule has 14 heavy (non-hydrogen) atoms. The molecule has 0 aromatic heterocycles. The summed E-state index contributed by atoms with van der Waals surface area (Å²) < 4.78 is 5.69. The first-order valence-corrected chi connectivity index (χ1v) is 5.91. The van der Waals surface area contributed by atoms with Crippen LogP contribution in [-0.2, 0) is 4.74 Å². The fraction of sp³-hybridized carbons (Fsp3) is 1.00. The molecule has 1 unspecified atom stereocenters. The number of rotatable bonds is 6. The maximum Gasteiger partial charge on any atom is 0.0826 e. The van der Waals surface area contributed by atoms with E-state index in [2.05, 4.69) is 24.1 Å². The van der Waals surface area contributed by atoms with E-state index in [9.17, 15) is 0 Å². The SMILES string of the molecule is CCCCNCC1CN(CC)CCO1. The van der Waals surface area contributed by atoms with Gasteiger partial charge in [-0.2, -0.15) is 0 Å². The molecule has 1 heterocycles. The Hall–Kier alpha value is -0.120. The summed E-state index contributed by atoms with van der Waals surface area (Å²) in [7, 11) is 0. The van der Waals surface area contributed by atoms with E-state index in [4.69, 9.17) is 4.74 Å². The summed E-state index contributed by atoms with van der Waals surface area (Å²) in [4.78, 5) is 2.45. The van der Waals surface area contributed by atoms with Crippen LogP contribution in [0.3, 0.4) is 0 Å². The molecule has 1 saturated heterocycles. The molecule has 0 aromatic rings. The monoisotopic (exact) mass is 200 g/mol. The highest BCUT2D eigenvalue weighted by Gasteiger charge is 2.18. The highest BCUT2D eigenvalue weighted by Crippen LogP contribution is 2.03. The van der Waals surface area contributed by atoms with Gasteiger partial charge in [-0.15, -0.1) is 0 Å². The molecule has 0 bridgehead atoms. The van der Waals surface area contributed by atoms with E-state index in [1.807, 2.05) is 0 Å². The summed E-state index contributed by atoms with van der Waals surface area (Å²) in [5, 5.41) is 3.45. The lowest BCUT2D eigenvalue weighted by molar-refractivity contribution is -0.0251. The maximum atomic E-state index is 5.69. The quantitative estimate of drug-likeness (QED) is 0.650.